The topological polar surface area (TPSA) is 93.1 Å². The molecule has 0 aromatic rings. The largest absolute Gasteiger partial charge is 0.465 e. The number of aliphatic hydroxyl groups is 2. The lowest BCUT2D eigenvalue weighted by atomic mass is 9.73. The van der Waals surface area contributed by atoms with Gasteiger partial charge >= 0.3 is 11.9 Å². The summed E-state index contributed by atoms with van der Waals surface area (Å²) in [7, 11) is 0. The normalized spacial score (nSPS) is 42.8. The molecule has 0 spiro atoms. The first-order valence-electron chi connectivity index (χ1n) is 16.4. The van der Waals surface area contributed by atoms with E-state index in [1.807, 2.05) is 41.5 Å². The van der Waals surface area contributed by atoms with E-state index in [0.29, 0.717) is 61.9 Å². The molecule has 6 fully saturated rings. The second kappa shape index (κ2) is 11.5. The average molecular weight is 561 g/mol. The van der Waals surface area contributed by atoms with Crippen LogP contribution in [0.3, 0.4) is 0 Å². The molecule has 4 bridgehead atoms. The van der Waals surface area contributed by atoms with Crippen LogP contribution in [0, 0.1) is 81.8 Å². The quantitative estimate of drug-likeness (QED) is 0.403. The summed E-state index contributed by atoms with van der Waals surface area (Å²) in [4.78, 5) is 24.2. The lowest BCUT2D eigenvalue weighted by molar-refractivity contribution is -0.155. The van der Waals surface area contributed by atoms with Gasteiger partial charge in [0.1, 0.15) is 0 Å². The summed E-state index contributed by atoms with van der Waals surface area (Å²) < 4.78 is 11.3. The Kier molecular flexibility index (Phi) is 8.72. The molecular weight excluding hydrogens is 504 g/mol. The van der Waals surface area contributed by atoms with Crippen molar-refractivity contribution in [3.8, 4) is 0 Å². The molecule has 0 heterocycles. The predicted octanol–water partition coefficient (Wildman–Crippen LogP) is 5.73. The van der Waals surface area contributed by atoms with Crippen molar-refractivity contribution in [3.05, 3.63) is 0 Å². The molecule has 6 heteroatoms. The van der Waals surface area contributed by atoms with Gasteiger partial charge in [0.25, 0.3) is 0 Å². The molecule has 6 rings (SSSR count). The van der Waals surface area contributed by atoms with Gasteiger partial charge in [0.2, 0.25) is 0 Å². The van der Waals surface area contributed by atoms with Crippen LogP contribution >= 0.6 is 0 Å². The Hall–Kier alpha value is -1.14. The first kappa shape index (κ1) is 30.3. The predicted molar refractivity (Wildman–Crippen MR) is 154 cm³/mol. The third-order valence-electron chi connectivity index (χ3n) is 12.1. The van der Waals surface area contributed by atoms with Gasteiger partial charge in [-0.05, 0) is 164 Å². The number of aliphatic hydroxyl groups excluding tert-OH is 2. The number of hydrogen-bond acceptors (Lipinski definition) is 6. The fraction of sp³-hybridized carbons (Fsp3) is 0.941. The number of rotatable bonds is 6. The molecule has 6 nitrogen and oxygen atoms in total. The van der Waals surface area contributed by atoms with Gasteiger partial charge < -0.3 is 19.7 Å². The molecule has 228 valence electrons. The lowest BCUT2D eigenvalue weighted by Gasteiger charge is -2.34. The minimum atomic E-state index is -0.422. The minimum Gasteiger partial charge on any atom is -0.465 e. The van der Waals surface area contributed by atoms with Gasteiger partial charge in [-0.3, -0.25) is 9.59 Å². The summed E-state index contributed by atoms with van der Waals surface area (Å²) in [6, 6.07) is 0. The van der Waals surface area contributed by atoms with Crippen molar-refractivity contribution in [3.63, 3.8) is 0 Å². The molecule has 6 saturated carbocycles. The maximum atomic E-state index is 12.1. The number of hydrogen-bond donors (Lipinski definition) is 2. The van der Waals surface area contributed by atoms with Crippen molar-refractivity contribution < 1.29 is 29.3 Å². The van der Waals surface area contributed by atoms with Crippen LogP contribution < -0.4 is 0 Å². The third kappa shape index (κ3) is 5.74. The van der Waals surface area contributed by atoms with Crippen LogP contribution in [0.15, 0.2) is 0 Å². The van der Waals surface area contributed by atoms with Gasteiger partial charge in [0.15, 0.2) is 0 Å². The lowest BCUT2D eigenvalue weighted by Crippen LogP contribution is -2.33. The highest BCUT2D eigenvalue weighted by Gasteiger charge is 2.58. The van der Waals surface area contributed by atoms with Gasteiger partial charge in [-0.15, -0.1) is 0 Å². The van der Waals surface area contributed by atoms with Crippen LogP contribution in [0.2, 0.25) is 0 Å². The monoisotopic (exact) mass is 560 g/mol. The Morgan fingerprint density at radius 1 is 0.575 bits per heavy atom. The SMILES string of the molecule is CC(C)(C)C(=O)OCC1CC2CC1C1CCC(COC(=O)C(C)(C)C)C21.OCC1CC2CC1C1CCC(CO)C21. The van der Waals surface area contributed by atoms with Crippen LogP contribution in [0.4, 0.5) is 0 Å². The van der Waals surface area contributed by atoms with Crippen LogP contribution in [0.1, 0.15) is 92.9 Å². The van der Waals surface area contributed by atoms with Crippen molar-refractivity contribution in [2.45, 2.75) is 92.9 Å². The second-order valence-electron chi connectivity index (χ2n) is 16.5. The zero-order valence-corrected chi connectivity index (χ0v) is 25.9. The van der Waals surface area contributed by atoms with E-state index in [1.54, 1.807) is 0 Å². The molecule has 0 amide bonds. The Bertz CT molecular complexity index is 914. The maximum Gasteiger partial charge on any atom is 0.311 e. The van der Waals surface area contributed by atoms with Gasteiger partial charge in [0.05, 0.1) is 24.0 Å². The third-order valence-corrected chi connectivity index (χ3v) is 12.1. The highest BCUT2D eigenvalue weighted by Crippen LogP contribution is 2.63. The van der Waals surface area contributed by atoms with Crippen LogP contribution in [-0.2, 0) is 19.1 Å². The summed E-state index contributed by atoms with van der Waals surface area (Å²) in [5.41, 5.74) is -0.843. The molecular formula is C34H56O6. The second-order valence-corrected chi connectivity index (χ2v) is 16.5. The molecule has 12 unspecified atom stereocenters. The summed E-state index contributed by atoms with van der Waals surface area (Å²) in [5.74, 6) is 8.24. The van der Waals surface area contributed by atoms with Crippen LogP contribution in [-0.4, -0.2) is 48.6 Å². The van der Waals surface area contributed by atoms with Gasteiger partial charge in [-0.2, -0.15) is 0 Å². The van der Waals surface area contributed by atoms with E-state index in [-0.39, 0.29) is 11.9 Å². The fourth-order valence-electron chi connectivity index (χ4n) is 10.4. The fourth-order valence-corrected chi connectivity index (χ4v) is 10.4. The number of carbonyl (C=O) groups is 2. The first-order chi connectivity index (χ1) is 18.8. The van der Waals surface area contributed by atoms with Gasteiger partial charge in [0, 0.05) is 13.2 Å². The zero-order chi connectivity index (χ0) is 29.0. The van der Waals surface area contributed by atoms with E-state index in [4.69, 9.17) is 9.47 Å². The number of carbonyl (C=O) groups excluding carboxylic acids is 2. The molecule has 0 aromatic heterocycles. The van der Waals surface area contributed by atoms with Crippen molar-refractivity contribution in [1.29, 1.82) is 0 Å². The molecule has 2 N–H and O–H groups in total. The van der Waals surface area contributed by atoms with Crippen LogP contribution in [0.25, 0.3) is 0 Å². The highest BCUT2D eigenvalue weighted by molar-refractivity contribution is 5.75. The van der Waals surface area contributed by atoms with Gasteiger partial charge in [-0.25, -0.2) is 0 Å². The summed E-state index contributed by atoms with van der Waals surface area (Å²) in [6.45, 7) is 13.4. The Labute approximate surface area is 242 Å². The number of esters is 2. The van der Waals surface area contributed by atoms with Crippen LogP contribution in [0.5, 0.6) is 0 Å². The average Bonchev–Trinajstić information content (AvgIpc) is 3.72. The first-order valence-corrected chi connectivity index (χ1v) is 16.4. The van der Waals surface area contributed by atoms with Crippen molar-refractivity contribution in [1.82, 2.24) is 0 Å². The molecule has 0 radical (unpaired) electrons. The summed E-state index contributed by atoms with van der Waals surface area (Å²) in [5, 5.41) is 18.6. The zero-order valence-electron chi connectivity index (χ0n) is 25.9. The van der Waals surface area contributed by atoms with E-state index in [9.17, 15) is 19.8 Å². The van der Waals surface area contributed by atoms with E-state index in [2.05, 4.69) is 0 Å². The molecule has 0 saturated heterocycles. The summed E-state index contributed by atoms with van der Waals surface area (Å²) >= 11 is 0. The van der Waals surface area contributed by atoms with Crippen molar-refractivity contribution in [2.75, 3.05) is 26.4 Å². The van der Waals surface area contributed by atoms with E-state index in [0.717, 1.165) is 35.5 Å². The molecule has 12 atom stereocenters. The molecule has 0 aromatic carbocycles. The molecule has 6 aliphatic rings. The molecule has 0 aliphatic heterocycles. The van der Waals surface area contributed by atoms with Crippen molar-refractivity contribution >= 4 is 11.9 Å². The van der Waals surface area contributed by atoms with Gasteiger partial charge in [-0.1, -0.05) is 0 Å². The van der Waals surface area contributed by atoms with E-state index in [1.165, 1.54) is 51.4 Å². The maximum absolute atomic E-state index is 12.1. The Balaban J connectivity index is 0.000000192. The number of ether oxygens (including phenoxy) is 2. The molecule has 40 heavy (non-hydrogen) atoms. The Morgan fingerprint density at radius 3 is 1.50 bits per heavy atom. The minimum absolute atomic E-state index is 0.0870. The summed E-state index contributed by atoms with van der Waals surface area (Å²) in [6.07, 6.45) is 9.99. The van der Waals surface area contributed by atoms with Crippen molar-refractivity contribution in [2.24, 2.45) is 81.8 Å². The van der Waals surface area contributed by atoms with E-state index >= 15 is 0 Å². The smallest absolute Gasteiger partial charge is 0.311 e. The standard InChI is InChI=1S/C22H36O4.C12H20O2/c1-21(2,3)19(23)25-11-13-7-8-16-17-10-14(18(13)16)9-15(17)12-26-20(24)22(4,5)6;13-5-7-1-2-10-11-4-8(12(7)10)3-9(11)6-14/h13-18H,7-12H2,1-6H3;7-14H,1-6H2. The Morgan fingerprint density at radius 2 is 1.00 bits per heavy atom. The van der Waals surface area contributed by atoms with E-state index < -0.39 is 10.8 Å². The highest BCUT2D eigenvalue weighted by atomic mass is 16.5. The number of fused-ring (bicyclic) bond motifs is 10. The molecule has 6 aliphatic carbocycles.